The number of halogens is 3. The number of hydrogen-bond acceptors (Lipinski definition) is 1. The van der Waals surface area contributed by atoms with Crippen LogP contribution < -0.4 is 0 Å². The third-order valence-corrected chi connectivity index (χ3v) is 2.13. The summed E-state index contributed by atoms with van der Waals surface area (Å²) in [7, 11) is 0. The molecule has 1 aromatic carbocycles. The molecule has 0 amide bonds. The van der Waals surface area contributed by atoms with E-state index in [4.69, 9.17) is 0 Å². The highest BCUT2D eigenvalue weighted by Gasteiger charge is 2.33. The van der Waals surface area contributed by atoms with Gasteiger partial charge in [0.15, 0.2) is 0 Å². The maximum Gasteiger partial charge on any atom is 0.416 e. The van der Waals surface area contributed by atoms with Crippen LogP contribution in [0, 0.1) is 6.92 Å². The Bertz CT molecular complexity index is 329. The van der Waals surface area contributed by atoms with Crippen LogP contribution in [0.25, 0.3) is 0 Å². The van der Waals surface area contributed by atoms with Gasteiger partial charge in [-0.15, -0.1) is 0 Å². The number of benzene rings is 1. The van der Waals surface area contributed by atoms with Gasteiger partial charge in [-0.3, -0.25) is 0 Å². The molecule has 0 saturated carbocycles. The molecule has 0 aliphatic rings. The predicted octanol–water partition coefficient (Wildman–Crippen LogP) is 3.07. The van der Waals surface area contributed by atoms with Gasteiger partial charge < -0.3 is 5.11 Å². The Labute approximate surface area is 80.2 Å². The quantitative estimate of drug-likeness (QED) is 0.745. The summed E-state index contributed by atoms with van der Waals surface area (Å²) in [4.78, 5) is 0. The molecule has 1 nitrogen and oxygen atoms in total. The number of hydrogen-bond donors (Lipinski definition) is 1. The number of aliphatic hydroxyl groups excluding tert-OH is 1. The van der Waals surface area contributed by atoms with Crippen LogP contribution in [0.3, 0.4) is 0 Å². The maximum atomic E-state index is 12.4. The van der Waals surface area contributed by atoms with E-state index in [0.717, 1.165) is 6.07 Å². The third-order valence-electron chi connectivity index (χ3n) is 2.13. The van der Waals surface area contributed by atoms with Gasteiger partial charge in [0.2, 0.25) is 0 Å². The zero-order chi connectivity index (χ0) is 10.9. The lowest BCUT2D eigenvalue weighted by molar-refractivity contribution is -0.138. The van der Waals surface area contributed by atoms with Crippen molar-refractivity contribution in [1.82, 2.24) is 0 Å². The average molecular weight is 204 g/mol. The summed E-state index contributed by atoms with van der Waals surface area (Å²) in [6.07, 6.45) is -5.23. The van der Waals surface area contributed by atoms with Crippen LogP contribution in [0.4, 0.5) is 13.2 Å². The first kappa shape index (κ1) is 11.0. The van der Waals surface area contributed by atoms with E-state index in [0.29, 0.717) is 5.56 Å². The van der Waals surface area contributed by atoms with Crippen LogP contribution in [0.2, 0.25) is 0 Å². The van der Waals surface area contributed by atoms with Crippen LogP contribution in [0.5, 0.6) is 0 Å². The van der Waals surface area contributed by atoms with Crippen molar-refractivity contribution in [1.29, 1.82) is 0 Å². The average Bonchev–Trinajstić information content (AvgIpc) is 2.01. The van der Waals surface area contributed by atoms with E-state index >= 15 is 0 Å². The van der Waals surface area contributed by atoms with Crippen molar-refractivity contribution in [2.45, 2.75) is 26.1 Å². The highest BCUT2D eigenvalue weighted by atomic mass is 19.4. The van der Waals surface area contributed by atoms with Gasteiger partial charge in [-0.25, -0.2) is 0 Å². The van der Waals surface area contributed by atoms with Crippen molar-refractivity contribution in [3.8, 4) is 0 Å². The topological polar surface area (TPSA) is 20.2 Å². The molecule has 0 heterocycles. The van der Waals surface area contributed by atoms with Crippen LogP contribution in [0.15, 0.2) is 18.2 Å². The molecule has 1 aromatic rings. The Hall–Kier alpha value is -1.03. The van der Waals surface area contributed by atoms with Crippen molar-refractivity contribution in [3.05, 3.63) is 34.9 Å². The van der Waals surface area contributed by atoms with Gasteiger partial charge in [-0.2, -0.15) is 13.2 Å². The fourth-order valence-electron chi connectivity index (χ4n) is 1.41. The zero-order valence-electron chi connectivity index (χ0n) is 7.89. The largest absolute Gasteiger partial charge is 0.416 e. The standard InChI is InChI=1S/C10H11F3O/c1-6-8(7(2)14)4-3-5-9(6)10(11,12)13/h3-5,7,14H,1-2H3/t7-/m0/s1. The van der Waals surface area contributed by atoms with Gasteiger partial charge in [-0.05, 0) is 31.0 Å². The van der Waals surface area contributed by atoms with E-state index in [1.54, 1.807) is 0 Å². The number of alkyl halides is 3. The first-order valence-electron chi connectivity index (χ1n) is 4.19. The molecular formula is C10H11F3O. The Morgan fingerprint density at radius 3 is 2.29 bits per heavy atom. The van der Waals surface area contributed by atoms with E-state index in [1.807, 2.05) is 0 Å². The lowest BCUT2D eigenvalue weighted by Gasteiger charge is -2.15. The van der Waals surface area contributed by atoms with Gasteiger partial charge in [0.05, 0.1) is 11.7 Å². The van der Waals surface area contributed by atoms with Crippen LogP contribution in [0.1, 0.15) is 29.7 Å². The second-order valence-electron chi connectivity index (χ2n) is 3.19. The normalized spacial score (nSPS) is 14.1. The number of rotatable bonds is 1. The van der Waals surface area contributed by atoms with Gasteiger partial charge >= 0.3 is 6.18 Å². The van der Waals surface area contributed by atoms with Crippen molar-refractivity contribution < 1.29 is 18.3 Å². The van der Waals surface area contributed by atoms with Gasteiger partial charge in [0.1, 0.15) is 0 Å². The highest BCUT2D eigenvalue weighted by Crippen LogP contribution is 2.34. The minimum absolute atomic E-state index is 0.0926. The van der Waals surface area contributed by atoms with Crippen LogP contribution in [-0.4, -0.2) is 5.11 Å². The molecule has 4 heteroatoms. The predicted molar refractivity (Wildman–Crippen MR) is 46.8 cm³/mol. The smallest absolute Gasteiger partial charge is 0.389 e. The van der Waals surface area contributed by atoms with Gasteiger partial charge in [0.25, 0.3) is 0 Å². The number of aliphatic hydroxyl groups is 1. The minimum atomic E-state index is -4.35. The zero-order valence-corrected chi connectivity index (χ0v) is 7.89. The Morgan fingerprint density at radius 1 is 1.29 bits per heavy atom. The fourth-order valence-corrected chi connectivity index (χ4v) is 1.41. The molecule has 78 valence electrons. The van der Waals surface area contributed by atoms with Crippen molar-refractivity contribution in [3.63, 3.8) is 0 Å². The Morgan fingerprint density at radius 2 is 1.86 bits per heavy atom. The van der Waals surface area contributed by atoms with Crippen LogP contribution in [-0.2, 0) is 6.18 Å². The molecule has 0 aromatic heterocycles. The summed E-state index contributed by atoms with van der Waals surface area (Å²) in [5, 5.41) is 9.23. The summed E-state index contributed by atoms with van der Waals surface area (Å²) in [6.45, 7) is 2.81. The second-order valence-corrected chi connectivity index (χ2v) is 3.19. The summed E-state index contributed by atoms with van der Waals surface area (Å²) < 4.78 is 37.2. The molecule has 0 saturated heterocycles. The lowest BCUT2D eigenvalue weighted by Crippen LogP contribution is -2.09. The van der Waals surface area contributed by atoms with E-state index in [-0.39, 0.29) is 5.56 Å². The molecule has 0 aliphatic heterocycles. The first-order chi connectivity index (χ1) is 6.34. The molecule has 0 spiro atoms. The molecule has 1 atom stereocenters. The molecule has 14 heavy (non-hydrogen) atoms. The molecular weight excluding hydrogens is 193 g/mol. The van der Waals surface area contributed by atoms with E-state index in [2.05, 4.69) is 0 Å². The Balaban J connectivity index is 3.28. The van der Waals surface area contributed by atoms with Gasteiger partial charge in [0, 0.05) is 0 Å². The molecule has 0 bridgehead atoms. The lowest BCUT2D eigenvalue weighted by atomic mass is 9.99. The molecule has 0 aliphatic carbocycles. The van der Waals surface area contributed by atoms with Crippen molar-refractivity contribution in [2.75, 3.05) is 0 Å². The molecule has 1 N–H and O–H groups in total. The maximum absolute atomic E-state index is 12.4. The van der Waals surface area contributed by atoms with Crippen molar-refractivity contribution >= 4 is 0 Å². The monoisotopic (exact) mass is 204 g/mol. The highest BCUT2D eigenvalue weighted by molar-refractivity contribution is 5.36. The van der Waals surface area contributed by atoms with Gasteiger partial charge in [-0.1, -0.05) is 12.1 Å². The third kappa shape index (κ3) is 2.07. The summed E-state index contributed by atoms with van der Waals surface area (Å²) >= 11 is 0. The summed E-state index contributed by atoms with van der Waals surface area (Å²) in [6, 6.07) is 3.81. The van der Waals surface area contributed by atoms with E-state index in [9.17, 15) is 18.3 Å². The molecule has 0 radical (unpaired) electrons. The van der Waals surface area contributed by atoms with E-state index < -0.39 is 17.8 Å². The van der Waals surface area contributed by atoms with Crippen molar-refractivity contribution in [2.24, 2.45) is 0 Å². The molecule has 0 fully saturated rings. The van der Waals surface area contributed by atoms with E-state index in [1.165, 1.54) is 26.0 Å². The van der Waals surface area contributed by atoms with Crippen LogP contribution >= 0.6 is 0 Å². The SMILES string of the molecule is Cc1c([C@H](C)O)cccc1C(F)(F)F. The second kappa shape index (κ2) is 3.61. The Kier molecular flexibility index (Phi) is 2.85. The minimum Gasteiger partial charge on any atom is -0.389 e. The molecule has 1 rings (SSSR count). The fraction of sp³-hybridized carbons (Fsp3) is 0.400. The first-order valence-corrected chi connectivity index (χ1v) is 4.19. The summed E-state index contributed by atoms with van der Waals surface area (Å²) in [5.74, 6) is 0. The summed E-state index contributed by atoms with van der Waals surface area (Å²) in [5.41, 5.74) is -0.272. The molecule has 0 unspecified atom stereocenters.